The number of rotatable bonds is 2. The van der Waals surface area contributed by atoms with E-state index in [1.807, 2.05) is 18.2 Å². The lowest BCUT2D eigenvalue weighted by molar-refractivity contribution is 1.16. The molecule has 1 aromatic carbocycles. The van der Waals surface area contributed by atoms with Crippen LogP contribution in [-0.4, -0.2) is 15.0 Å². The van der Waals surface area contributed by atoms with E-state index in [-0.39, 0.29) is 0 Å². The molecule has 3 rings (SSSR count). The van der Waals surface area contributed by atoms with Gasteiger partial charge in [-0.3, -0.25) is 0 Å². The third-order valence-electron chi connectivity index (χ3n) is 2.68. The van der Waals surface area contributed by atoms with Crippen LogP contribution in [0.2, 0.25) is 0 Å². The van der Waals surface area contributed by atoms with E-state index in [1.54, 1.807) is 29.8 Å². The molecule has 0 aliphatic heterocycles. The topological polar surface area (TPSA) is 38.7 Å². The highest BCUT2D eigenvalue weighted by Crippen LogP contribution is 2.35. The van der Waals surface area contributed by atoms with Crippen LogP contribution in [0.5, 0.6) is 0 Å². The minimum Gasteiger partial charge on any atom is -0.234 e. The number of halogens is 1. The Morgan fingerprint density at radius 2 is 1.79 bits per heavy atom. The molecule has 0 amide bonds. The zero-order chi connectivity index (χ0) is 13.2. The van der Waals surface area contributed by atoms with Gasteiger partial charge in [-0.15, -0.1) is 11.3 Å². The van der Waals surface area contributed by atoms with Crippen molar-refractivity contribution in [1.29, 1.82) is 0 Å². The van der Waals surface area contributed by atoms with E-state index in [0.29, 0.717) is 5.82 Å². The molecule has 0 unspecified atom stereocenters. The molecular formula is C14H10BrN3S. The van der Waals surface area contributed by atoms with Gasteiger partial charge in [-0.2, -0.15) is 0 Å². The summed E-state index contributed by atoms with van der Waals surface area (Å²) < 4.78 is 1.05. The number of thiazole rings is 1. The van der Waals surface area contributed by atoms with Crippen molar-refractivity contribution in [1.82, 2.24) is 15.0 Å². The maximum Gasteiger partial charge on any atom is 0.188 e. The lowest BCUT2D eigenvalue weighted by Gasteiger charge is -2.01. The van der Waals surface area contributed by atoms with Crippen molar-refractivity contribution in [3.63, 3.8) is 0 Å². The van der Waals surface area contributed by atoms with Gasteiger partial charge in [-0.05, 0) is 19.1 Å². The molecule has 0 radical (unpaired) electrons. The van der Waals surface area contributed by atoms with Crippen molar-refractivity contribution in [2.75, 3.05) is 0 Å². The van der Waals surface area contributed by atoms with E-state index in [1.165, 1.54) is 0 Å². The smallest absolute Gasteiger partial charge is 0.188 e. The first-order chi connectivity index (χ1) is 9.25. The summed E-state index contributed by atoms with van der Waals surface area (Å²) in [7, 11) is 0. The standard InChI is InChI=1S/C14H10BrN3S/c1-9-12(10-5-2-3-6-11(10)15)18-14(19-9)13-16-7-4-8-17-13/h2-8H,1H3. The van der Waals surface area contributed by atoms with Crippen LogP contribution < -0.4 is 0 Å². The van der Waals surface area contributed by atoms with Gasteiger partial charge < -0.3 is 0 Å². The van der Waals surface area contributed by atoms with Gasteiger partial charge in [0.25, 0.3) is 0 Å². The summed E-state index contributed by atoms with van der Waals surface area (Å²) in [5.74, 6) is 0.675. The van der Waals surface area contributed by atoms with Crippen molar-refractivity contribution in [3.05, 3.63) is 52.1 Å². The maximum atomic E-state index is 4.67. The first-order valence-electron chi connectivity index (χ1n) is 5.75. The molecule has 19 heavy (non-hydrogen) atoms. The van der Waals surface area contributed by atoms with Crippen LogP contribution in [-0.2, 0) is 0 Å². The molecule has 0 N–H and O–H groups in total. The Bertz CT molecular complexity index is 710. The van der Waals surface area contributed by atoms with Gasteiger partial charge in [0.2, 0.25) is 0 Å². The van der Waals surface area contributed by atoms with E-state index >= 15 is 0 Å². The van der Waals surface area contributed by atoms with Gasteiger partial charge in [-0.1, -0.05) is 34.1 Å². The lowest BCUT2D eigenvalue weighted by atomic mass is 10.1. The summed E-state index contributed by atoms with van der Waals surface area (Å²) in [6.07, 6.45) is 3.47. The van der Waals surface area contributed by atoms with Crippen molar-refractivity contribution in [2.45, 2.75) is 6.92 Å². The quantitative estimate of drug-likeness (QED) is 0.701. The fourth-order valence-electron chi connectivity index (χ4n) is 1.80. The second-order valence-electron chi connectivity index (χ2n) is 3.98. The Balaban J connectivity index is 2.11. The third-order valence-corrected chi connectivity index (χ3v) is 4.34. The summed E-state index contributed by atoms with van der Waals surface area (Å²) >= 11 is 5.18. The Hall–Kier alpha value is -1.59. The Kier molecular flexibility index (Phi) is 3.40. The molecule has 3 aromatic rings. The summed E-state index contributed by atoms with van der Waals surface area (Å²) in [5.41, 5.74) is 2.08. The first-order valence-corrected chi connectivity index (χ1v) is 7.36. The normalized spacial score (nSPS) is 10.6. The number of hydrogen-bond acceptors (Lipinski definition) is 4. The number of aromatic nitrogens is 3. The zero-order valence-corrected chi connectivity index (χ0v) is 12.6. The minimum absolute atomic E-state index is 0.675. The van der Waals surface area contributed by atoms with E-state index in [9.17, 15) is 0 Å². The minimum atomic E-state index is 0.675. The predicted octanol–water partition coefficient (Wildman–Crippen LogP) is 4.34. The highest BCUT2D eigenvalue weighted by Gasteiger charge is 2.14. The molecule has 0 saturated heterocycles. The average molecular weight is 332 g/mol. The van der Waals surface area contributed by atoms with Gasteiger partial charge in [0, 0.05) is 27.3 Å². The highest BCUT2D eigenvalue weighted by atomic mass is 79.9. The predicted molar refractivity (Wildman–Crippen MR) is 81.0 cm³/mol. The number of benzene rings is 1. The van der Waals surface area contributed by atoms with Crippen LogP contribution in [0.1, 0.15) is 4.88 Å². The molecule has 0 saturated carbocycles. The van der Waals surface area contributed by atoms with Gasteiger partial charge in [-0.25, -0.2) is 15.0 Å². The van der Waals surface area contributed by atoms with Crippen LogP contribution in [0, 0.1) is 6.92 Å². The van der Waals surface area contributed by atoms with Crippen molar-refractivity contribution in [3.8, 4) is 22.1 Å². The Morgan fingerprint density at radius 1 is 1.05 bits per heavy atom. The van der Waals surface area contributed by atoms with E-state index in [0.717, 1.165) is 25.6 Å². The molecule has 5 heteroatoms. The molecule has 0 bridgehead atoms. The average Bonchev–Trinajstić information content (AvgIpc) is 2.82. The number of nitrogens with zero attached hydrogens (tertiary/aromatic N) is 3. The molecule has 0 fully saturated rings. The van der Waals surface area contributed by atoms with E-state index in [4.69, 9.17) is 0 Å². The van der Waals surface area contributed by atoms with Gasteiger partial charge >= 0.3 is 0 Å². The van der Waals surface area contributed by atoms with Crippen molar-refractivity contribution >= 4 is 27.3 Å². The molecule has 94 valence electrons. The summed E-state index contributed by atoms with van der Waals surface area (Å²) in [5, 5.41) is 0.851. The van der Waals surface area contributed by atoms with Crippen LogP contribution >= 0.6 is 27.3 Å². The van der Waals surface area contributed by atoms with Crippen molar-refractivity contribution in [2.24, 2.45) is 0 Å². The molecular weight excluding hydrogens is 322 g/mol. The maximum absolute atomic E-state index is 4.67. The van der Waals surface area contributed by atoms with Gasteiger partial charge in [0.15, 0.2) is 10.8 Å². The van der Waals surface area contributed by atoms with Crippen molar-refractivity contribution < 1.29 is 0 Å². The SMILES string of the molecule is Cc1sc(-c2ncccn2)nc1-c1ccccc1Br. The summed E-state index contributed by atoms with van der Waals surface area (Å²) in [4.78, 5) is 14.3. The molecule has 0 atom stereocenters. The fraction of sp³-hybridized carbons (Fsp3) is 0.0714. The third kappa shape index (κ3) is 2.43. The molecule has 0 aliphatic carbocycles. The largest absolute Gasteiger partial charge is 0.234 e. The monoisotopic (exact) mass is 331 g/mol. The second-order valence-corrected chi connectivity index (χ2v) is 6.03. The molecule has 0 aliphatic rings. The number of aryl methyl sites for hydroxylation is 1. The summed E-state index contributed by atoms with van der Waals surface area (Å²) in [6, 6.07) is 9.89. The van der Waals surface area contributed by atoms with Crippen LogP contribution in [0.15, 0.2) is 47.2 Å². The van der Waals surface area contributed by atoms with Crippen LogP contribution in [0.3, 0.4) is 0 Å². The Morgan fingerprint density at radius 3 is 2.53 bits per heavy atom. The molecule has 0 spiro atoms. The highest BCUT2D eigenvalue weighted by molar-refractivity contribution is 9.10. The molecule has 2 heterocycles. The second kappa shape index (κ2) is 5.19. The van der Waals surface area contributed by atoms with Crippen LogP contribution in [0.25, 0.3) is 22.1 Å². The fourth-order valence-corrected chi connectivity index (χ4v) is 3.15. The van der Waals surface area contributed by atoms with E-state index in [2.05, 4.69) is 43.9 Å². The summed E-state index contributed by atoms with van der Waals surface area (Å²) in [6.45, 7) is 2.07. The first kappa shape index (κ1) is 12.4. The molecule has 2 aromatic heterocycles. The Labute approximate surface area is 123 Å². The van der Waals surface area contributed by atoms with Gasteiger partial charge in [0.1, 0.15) is 0 Å². The van der Waals surface area contributed by atoms with E-state index < -0.39 is 0 Å². The number of hydrogen-bond donors (Lipinski definition) is 0. The lowest BCUT2D eigenvalue weighted by Crippen LogP contribution is -1.86. The van der Waals surface area contributed by atoms with Crippen LogP contribution in [0.4, 0.5) is 0 Å². The van der Waals surface area contributed by atoms with Gasteiger partial charge in [0.05, 0.1) is 5.69 Å². The molecule has 3 nitrogen and oxygen atoms in total. The zero-order valence-electron chi connectivity index (χ0n) is 10.2.